The van der Waals surface area contributed by atoms with E-state index in [2.05, 4.69) is 20.2 Å². The van der Waals surface area contributed by atoms with Gasteiger partial charge in [-0.2, -0.15) is 0 Å². The van der Waals surface area contributed by atoms with Crippen molar-refractivity contribution in [3.05, 3.63) is 76.3 Å². The highest BCUT2D eigenvalue weighted by Gasteiger charge is 2.23. The Labute approximate surface area is 219 Å². The van der Waals surface area contributed by atoms with Crippen molar-refractivity contribution in [2.75, 3.05) is 18.5 Å². The van der Waals surface area contributed by atoms with E-state index in [-0.39, 0.29) is 17.5 Å². The summed E-state index contributed by atoms with van der Waals surface area (Å²) in [5.41, 5.74) is 2.61. The number of fused-ring (bicyclic) bond motifs is 1. The van der Waals surface area contributed by atoms with Gasteiger partial charge in [0.25, 0.3) is 0 Å². The lowest BCUT2D eigenvalue weighted by atomic mass is 10.0. The molecule has 4 aromatic rings. The number of hydrogen-bond acceptors (Lipinski definition) is 6. The van der Waals surface area contributed by atoms with E-state index in [1.54, 1.807) is 37.3 Å². The summed E-state index contributed by atoms with van der Waals surface area (Å²) in [6.45, 7) is 2.70. The molecule has 0 bridgehead atoms. The molecular formula is C26H24Cl2N4O3S. The summed E-state index contributed by atoms with van der Waals surface area (Å²) >= 11 is 12.2. The molecule has 10 heteroatoms. The highest BCUT2D eigenvalue weighted by molar-refractivity contribution is 7.89. The molecule has 0 saturated carbocycles. The van der Waals surface area contributed by atoms with E-state index in [1.165, 1.54) is 0 Å². The molecule has 7 nitrogen and oxygen atoms in total. The molecule has 1 saturated heterocycles. The molecule has 36 heavy (non-hydrogen) atoms. The van der Waals surface area contributed by atoms with Crippen molar-refractivity contribution in [1.82, 2.24) is 14.9 Å². The maximum absolute atomic E-state index is 13.1. The van der Waals surface area contributed by atoms with E-state index < -0.39 is 10.0 Å². The topological polar surface area (TPSA) is 93.2 Å². The Bertz CT molecular complexity index is 1540. The molecule has 2 heterocycles. The Morgan fingerprint density at radius 2 is 1.81 bits per heavy atom. The van der Waals surface area contributed by atoms with Crippen LogP contribution in [-0.4, -0.2) is 37.9 Å². The zero-order chi connectivity index (χ0) is 25.3. The highest BCUT2D eigenvalue weighted by atomic mass is 35.5. The second kappa shape index (κ2) is 10.3. The number of rotatable bonds is 7. The number of anilines is 2. The fourth-order valence-electron chi connectivity index (χ4n) is 4.24. The molecule has 0 aliphatic carbocycles. The maximum atomic E-state index is 13.1. The van der Waals surface area contributed by atoms with Crippen molar-refractivity contribution in [3.63, 3.8) is 0 Å². The molecule has 1 atom stereocenters. The SMILES string of the molecule is Cc1ccc(-c2nnc(Nc3ccc(Cl)c(Cl)c3)c3ccccc23)cc1S(=O)(=O)NC[C@H]1CCCO1. The van der Waals surface area contributed by atoms with E-state index in [1.807, 2.05) is 30.3 Å². The van der Waals surface area contributed by atoms with Gasteiger partial charge in [-0.3, -0.25) is 0 Å². The number of sulfonamides is 1. The number of hydrogen-bond donors (Lipinski definition) is 2. The molecule has 2 N–H and O–H groups in total. The predicted molar refractivity (Wildman–Crippen MR) is 144 cm³/mol. The normalized spacial score (nSPS) is 15.9. The lowest BCUT2D eigenvalue weighted by Gasteiger charge is -2.15. The Morgan fingerprint density at radius 1 is 1.00 bits per heavy atom. The summed E-state index contributed by atoms with van der Waals surface area (Å²) in [5.74, 6) is 0.547. The van der Waals surface area contributed by atoms with Crippen LogP contribution in [0, 0.1) is 6.92 Å². The summed E-state index contributed by atoms with van der Waals surface area (Å²) in [5, 5.41) is 14.7. The van der Waals surface area contributed by atoms with Gasteiger partial charge >= 0.3 is 0 Å². The quantitative estimate of drug-likeness (QED) is 0.292. The van der Waals surface area contributed by atoms with Crippen LogP contribution in [0.5, 0.6) is 0 Å². The van der Waals surface area contributed by atoms with Crippen molar-refractivity contribution < 1.29 is 13.2 Å². The second-order valence-corrected chi connectivity index (χ2v) is 11.2. The predicted octanol–water partition coefficient (Wildman–Crippen LogP) is 6.11. The van der Waals surface area contributed by atoms with Gasteiger partial charge < -0.3 is 10.1 Å². The first-order valence-corrected chi connectivity index (χ1v) is 13.8. The van der Waals surface area contributed by atoms with Gasteiger partial charge in [-0.1, -0.05) is 59.6 Å². The first-order chi connectivity index (χ1) is 17.3. The lowest BCUT2D eigenvalue weighted by molar-refractivity contribution is 0.114. The van der Waals surface area contributed by atoms with E-state index in [0.29, 0.717) is 39.3 Å². The molecule has 0 unspecified atom stereocenters. The Morgan fingerprint density at radius 3 is 2.56 bits per heavy atom. The Kier molecular flexibility index (Phi) is 7.14. The van der Waals surface area contributed by atoms with Crippen LogP contribution in [0.3, 0.4) is 0 Å². The van der Waals surface area contributed by atoms with Crippen molar-refractivity contribution in [3.8, 4) is 11.3 Å². The zero-order valence-corrected chi connectivity index (χ0v) is 21.8. The minimum absolute atomic E-state index is 0.0892. The van der Waals surface area contributed by atoms with Gasteiger partial charge in [0, 0.05) is 35.2 Å². The van der Waals surface area contributed by atoms with Crippen LogP contribution in [0.1, 0.15) is 18.4 Å². The largest absolute Gasteiger partial charge is 0.377 e. The van der Waals surface area contributed by atoms with Gasteiger partial charge in [0.15, 0.2) is 5.82 Å². The van der Waals surface area contributed by atoms with Crippen LogP contribution in [0.4, 0.5) is 11.5 Å². The molecule has 0 spiro atoms. The van der Waals surface area contributed by atoms with E-state index in [0.717, 1.165) is 29.3 Å². The number of aromatic nitrogens is 2. The van der Waals surface area contributed by atoms with E-state index in [4.69, 9.17) is 27.9 Å². The molecule has 1 fully saturated rings. The molecule has 1 aliphatic rings. The molecule has 5 rings (SSSR count). The third kappa shape index (κ3) is 5.19. The van der Waals surface area contributed by atoms with Gasteiger partial charge in [0.1, 0.15) is 5.69 Å². The highest BCUT2D eigenvalue weighted by Crippen LogP contribution is 2.34. The van der Waals surface area contributed by atoms with Crippen molar-refractivity contribution in [2.24, 2.45) is 0 Å². The van der Waals surface area contributed by atoms with Crippen molar-refractivity contribution in [2.45, 2.75) is 30.8 Å². The van der Waals surface area contributed by atoms with Crippen molar-refractivity contribution >= 4 is 55.5 Å². The number of halogens is 2. The molecule has 1 aromatic heterocycles. The van der Waals surface area contributed by atoms with Crippen LogP contribution in [0.15, 0.2) is 65.6 Å². The lowest BCUT2D eigenvalue weighted by Crippen LogP contribution is -2.32. The standard InChI is InChI=1S/C26H24Cl2N4O3S/c1-16-8-9-17(13-24(16)36(33,34)29-15-19-5-4-12-35-19)25-20-6-2-3-7-21(20)26(32-31-25)30-18-10-11-22(27)23(28)14-18/h2-3,6-11,13-14,19,29H,4-5,12,15H2,1H3,(H,30,32)/t19-/m1/s1. The minimum atomic E-state index is -3.73. The summed E-state index contributed by atoms with van der Waals surface area (Å²) in [6, 6.07) is 18.2. The van der Waals surface area contributed by atoms with Gasteiger partial charge in [-0.15, -0.1) is 10.2 Å². The molecule has 186 valence electrons. The summed E-state index contributed by atoms with van der Waals surface area (Å²) in [6.07, 6.45) is 1.71. The van der Waals surface area contributed by atoms with E-state index in [9.17, 15) is 8.42 Å². The minimum Gasteiger partial charge on any atom is -0.377 e. The summed E-state index contributed by atoms with van der Waals surface area (Å²) < 4.78 is 34.5. The third-order valence-corrected chi connectivity index (χ3v) is 8.45. The number of nitrogens with one attached hydrogen (secondary N) is 2. The van der Waals surface area contributed by atoms with Gasteiger partial charge in [0.2, 0.25) is 10.0 Å². The fraction of sp³-hybridized carbons (Fsp3) is 0.231. The molecular weight excluding hydrogens is 519 g/mol. The van der Waals surface area contributed by atoms with Crippen LogP contribution in [-0.2, 0) is 14.8 Å². The first-order valence-electron chi connectivity index (χ1n) is 11.5. The maximum Gasteiger partial charge on any atom is 0.240 e. The number of benzene rings is 3. The number of nitrogens with zero attached hydrogens (tertiary/aromatic N) is 2. The smallest absolute Gasteiger partial charge is 0.240 e. The molecule has 0 radical (unpaired) electrons. The van der Waals surface area contributed by atoms with Gasteiger partial charge in [0.05, 0.1) is 21.0 Å². The average molecular weight is 543 g/mol. The second-order valence-electron chi connectivity index (χ2n) is 8.66. The van der Waals surface area contributed by atoms with Crippen LogP contribution in [0.2, 0.25) is 10.0 Å². The van der Waals surface area contributed by atoms with Gasteiger partial charge in [-0.25, -0.2) is 13.1 Å². The fourth-order valence-corrected chi connectivity index (χ4v) is 5.88. The summed E-state index contributed by atoms with van der Waals surface area (Å²) in [7, 11) is -3.73. The van der Waals surface area contributed by atoms with Crippen molar-refractivity contribution in [1.29, 1.82) is 0 Å². The Hall–Kier alpha value is -2.75. The van der Waals surface area contributed by atoms with E-state index >= 15 is 0 Å². The summed E-state index contributed by atoms with van der Waals surface area (Å²) in [4.78, 5) is 0.210. The molecule has 1 aliphatic heterocycles. The Balaban J connectivity index is 1.50. The van der Waals surface area contributed by atoms with Crippen LogP contribution in [0.25, 0.3) is 22.0 Å². The number of aryl methyl sites for hydroxylation is 1. The average Bonchev–Trinajstić information content (AvgIpc) is 3.40. The van der Waals surface area contributed by atoms with Crippen LogP contribution >= 0.6 is 23.2 Å². The number of ether oxygens (including phenoxy) is 1. The van der Waals surface area contributed by atoms with Gasteiger partial charge in [-0.05, 0) is 49.6 Å². The third-order valence-electron chi connectivity index (χ3n) is 6.15. The molecule has 0 amide bonds. The molecule has 3 aromatic carbocycles. The first kappa shape index (κ1) is 24.9. The zero-order valence-electron chi connectivity index (χ0n) is 19.5. The van der Waals surface area contributed by atoms with Crippen LogP contribution < -0.4 is 10.0 Å². The monoisotopic (exact) mass is 542 g/mol.